The zero-order valence-electron chi connectivity index (χ0n) is 12.2. The maximum absolute atomic E-state index is 6.36. The van der Waals surface area contributed by atoms with E-state index in [-0.39, 0.29) is 6.04 Å². The molecule has 0 aliphatic carbocycles. The van der Waals surface area contributed by atoms with Crippen LogP contribution in [0.1, 0.15) is 43.1 Å². The molecule has 20 heavy (non-hydrogen) atoms. The minimum Gasteiger partial charge on any atom is -0.305 e. The Balaban J connectivity index is 2.47. The quantitative estimate of drug-likeness (QED) is 0.888. The van der Waals surface area contributed by atoms with Crippen LogP contribution in [0.2, 0.25) is 5.02 Å². The molecule has 2 aromatic rings. The Morgan fingerprint density at radius 2 is 2.15 bits per heavy atom. The van der Waals surface area contributed by atoms with Gasteiger partial charge in [0.15, 0.2) is 0 Å². The third-order valence-electron chi connectivity index (χ3n) is 3.40. The topological polar surface area (TPSA) is 42.7 Å². The number of aryl methyl sites for hydroxylation is 2. The van der Waals surface area contributed by atoms with Crippen molar-refractivity contribution in [2.45, 2.75) is 39.8 Å². The summed E-state index contributed by atoms with van der Waals surface area (Å²) in [5.74, 6) is 0. The molecule has 108 valence electrons. The third kappa shape index (κ3) is 3.02. The monoisotopic (exact) mass is 292 g/mol. The van der Waals surface area contributed by atoms with E-state index < -0.39 is 0 Å². The first kappa shape index (κ1) is 15.0. The van der Waals surface area contributed by atoms with Crippen LogP contribution in [0.3, 0.4) is 0 Å². The van der Waals surface area contributed by atoms with Crippen LogP contribution in [0.25, 0.3) is 0 Å². The van der Waals surface area contributed by atoms with Crippen molar-refractivity contribution in [2.75, 3.05) is 6.54 Å². The highest BCUT2D eigenvalue weighted by Gasteiger charge is 2.22. The number of halogens is 1. The van der Waals surface area contributed by atoms with Gasteiger partial charge in [-0.05, 0) is 44.0 Å². The number of aromatic nitrogens is 3. The fourth-order valence-electron chi connectivity index (χ4n) is 2.33. The summed E-state index contributed by atoms with van der Waals surface area (Å²) in [7, 11) is 0. The van der Waals surface area contributed by atoms with Crippen LogP contribution in [0.15, 0.2) is 24.7 Å². The van der Waals surface area contributed by atoms with E-state index in [9.17, 15) is 0 Å². The second kappa shape index (κ2) is 6.86. The van der Waals surface area contributed by atoms with Crippen molar-refractivity contribution in [3.63, 3.8) is 0 Å². The second-order valence-electron chi connectivity index (χ2n) is 4.81. The Labute approximate surface area is 125 Å². The molecule has 4 nitrogen and oxygen atoms in total. The van der Waals surface area contributed by atoms with Crippen molar-refractivity contribution in [1.82, 2.24) is 20.1 Å². The van der Waals surface area contributed by atoms with Crippen LogP contribution in [-0.4, -0.2) is 21.3 Å². The average Bonchev–Trinajstić information content (AvgIpc) is 2.82. The number of rotatable bonds is 6. The predicted molar refractivity (Wildman–Crippen MR) is 82.0 cm³/mol. The van der Waals surface area contributed by atoms with Crippen molar-refractivity contribution < 1.29 is 0 Å². The van der Waals surface area contributed by atoms with Gasteiger partial charge >= 0.3 is 0 Å². The molecule has 0 saturated heterocycles. The van der Waals surface area contributed by atoms with Gasteiger partial charge in [0.1, 0.15) is 0 Å². The molecular formula is C15H21ClN4. The molecule has 1 N–H and O–H groups in total. The largest absolute Gasteiger partial charge is 0.305 e. The van der Waals surface area contributed by atoms with E-state index in [0.717, 1.165) is 30.8 Å². The fraction of sp³-hybridized carbons (Fsp3) is 0.467. The van der Waals surface area contributed by atoms with Gasteiger partial charge in [-0.15, -0.1) is 0 Å². The first-order valence-electron chi connectivity index (χ1n) is 7.04. The van der Waals surface area contributed by atoms with Crippen LogP contribution < -0.4 is 5.32 Å². The molecule has 0 saturated carbocycles. The molecule has 0 amide bonds. The molecule has 5 heteroatoms. The summed E-state index contributed by atoms with van der Waals surface area (Å²) >= 11 is 6.36. The zero-order valence-corrected chi connectivity index (χ0v) is 13.0. The summed E-state index contributed by atoms with van der Waals surface area (Å²) < 4.78 is 1.95. The molecule has 2 heterocycles. The SMILES string of the molecule is CCCNC(c1cnccc1C)c1c(Cl)cnn1CC. The Morgan fingerprint density at radius 3 is 2.80 bits per heavy atom. The second-order valence-corrected chi connectivity index (χ2v) is 5.22. The first-order chi connectivity index (χ1) is 9.69. The molecule has 2 rings (SSSR count). The molecule has 0 aliphatic heterocycles. The molecule has 0 radical (unpaired) electrons. The molecule has 2 aromatic heterocycles. The number of hydrogen-bond acceptors (Lipinski definition) is 3. The number of pyridine rings is 1. The highest BCUT2D eigenvalue weighted by atomic mass is 35.5. The van der Waals surface area contributed by atoms with E-state index in [2.05, 4.69) is 36.2 Å². The van der Waals surface area contributed by atoms with Gasteiger partial charge < -0.3 is 5.32 Å². The van der Waals surface area contributed by atoms with Crippen molar-refractivity contribution in [2.24, 2.45) is 0 Å². The third-order valence-corrected chi connectivity index (χ3v) is 3.69. The summed E-state index contributed by atoms with van der Waals surface area (Å²) in [6.07, 6.45) is 6.50. The van der Waals surface area contributed by atoms with Gasteiger partial charge in [-0.25, -0.2) is 0 Å². The van der Waals surface area contributed by atoms with Gasteiger partial charge in [-0.2, -0.15) is 5.10 Å². The van der Waals surface area contributed by atoms with Crippen LogP contribution >= 0.6 is 11.6 Å². The van der Waals surface area contributed by atoms with E-state index in [1.54, 1.807) is 6.20 Å². The Kier molecular flexibility index (Phi) is 5.15. The van der Waals surface area contributed by atoms with Crippen molar-refractivity contribution in [3.05, 3.63) is 46.5 Å². The van der Waals surface area contributed by atoms with Gasteiger partial charge in [0, 0.05) is 18.9 Å². The Morgan fingerprint density at radius 1 is 1.35 bits per heavy atom. The molecule has 0 aliphatic rings. The molecule has 1 unspecified atom stereocenters. The Hall–Kier alpha value is -1.39. The fourth-order valence-corrected chi connectivity index (χ4v) is 2.58. The number of nitrogens with zero attached hydrogens (tertiary/aromatic N) is 3. The summed E-state index contributed by atoms with van der Waals surface area (Å²) in [5.41, 5.74) is 3.37. The molecule has 1 atom stereocenters. The molecule has 0 fully saturated rings. The van der Waals surface area contributed by atoms with E-state index in [0.29, 0.717) is 5.02 Å². The standard InChI is InChI=1S/C15H21ClN4/c1-4-7-18-14(12-9-17-8-6-11(12)3)15-13(16)10-19-20(15)5-2/h6,8-10,14,18H,4-5,7H2,1-3H3. The average molecular weight is 293 g/mol. The lowest BCUT2D eigenvalue weighted by atomic mass is 10.0. The van der Waals surface area contributed by atoms with Crippen LogP contribution in [0.5, 0.6) is 0 Å². The van der Waals surface area contributed by atoms with Gasteiger partial charge in [0.05, 0.1) is 23.0 Å². The zero-order chi connectivity index (χ0) is 14.5. The van der Waals surface area contributed by atoms with Crippen LogP contribution in [0.4, 0.5) is 0 Å². The van der Waals surface area contributed by atoms with Crippen LogP contribution in [0, 0.1) is 6.92 Å². The van der Waals surface area contributed by atoms with Gasteiger partial charge in [-0.3, -0.25) is 9.67 Å². The molecule has 0 aromatic carbocycles. The van der Waals surface area contributed by atoms with Crippen molar-refractivity contribution in [3.8, 4) is 0 Å². The minimum absolute atomic E-state index is 0.0265. The lowest BCUT2D eigenvalue weighted by molar-refractivity contribution is 0.527. The maximum atomic E-state index is 6.36. The van der Waals surface area contributed by atoms with Crippen molar-refractivity contribution >= 4 is 11.6 Å². The lowest BCUT2D eigenvalue weighted by Gasteiger charge is -2.22. The van der Waals surface area contributed by atoms with Gasteiger partial charge in [-0.1, -0.05) is 18.5 Å². The van der Waals surface area contributed by atoms with E-state index in [1.165, 1.54) is 5.56 Å². The first-order valence-corrected chi connectivity index (χ1v) is 7.41. The Bertz CT molecular complexity index is 565. The summed E-state index contributed by atoms with van der Waals surface area (Å²) in [4.78, 5) is 4.26. The smallest absolute Gasteiger partial charge is 0.0837 e. The van der Waals surface area contributed by atoms with Gasteiger partial charge in [0.2, 0.25) is 0 Å². The van der Waals surface area contributed by atoms with Crippen LogP contribution in [-0.2, 0) is 6.54 Å². The molecular weight excluding hydrogens is 272 g/mol. The summed E-state index contributed by atoms with van der Waals surface area (Å²) in [6.45, 7) is 8.03. The highest BCUT2D eigenvalue weighted by Crippen LogP contribution is 2.29. The molecule has 0 bridgehead atoms. The maximum Gasteiger partial charge on any atom is 0.0837 e. The summed E-state index contributed by atoms with van der Waals surface area (Å²) in [6, 6.07) is 2.05. The lowest BCUT2D eigenvalue weighted by Crippen LogP contribution is -2.26. The number of nitrogens with one attached hydrogen (secondary N) is 1. The summed E-state index contributed by atoms with van der Waals surface area (Å²) in [5, 5.41) is 8.60. The minimum atomic E-state index is 0.0265. The van der Waals surface area contributed by atoms with Crippen molar-refractivity contribution in [1.29, 1.82) is 0 Å². The molecule has 0 spiro atoms. The van der Waals surface area contributed by atoms with Gasteiger partial charge in [0.25, 0.3) is 0 Å². The highest BCUT2D eigenvalue weighted by molar-refractivity contribution is 6.31. The van der Waals surface area contributed by atoms with E-state index in [1.807, 2.05) is 23.1 Å². The van der Waals surface area contributed by atoms with E-state index in [4.69, 9.17) is 11.6 Å². The van der Waals surface area contributed by atoms with E-state index >= 15 is 0 Å². The normalized spacial score (nSPS) is 12.6. The number of hydrogen-bond donors (Lipinski definition) is 1. The predicted octanol–water partition coefficient (Wildman–Crippen LogP) is 3.35.